The van der Waals surface area contributed by atoms with E-state index in [0.717, 1.165) is 34.6 Å². The number of nitrogens with zero attached hydrogens (tertiary/aromatic N) is 2. The van der Waals surface area contributed by atoms with Gasteiger partial charge < -0.3 is 15.5 Å². The van der Waals surface area contributed by atoms with E-state index in [4.69, 9.17) is 0 Å². The van der Waals surface area contributed by atoms with E-state index < -0.39 is 0 Å². The van der Waals surface area contributed by atoms with Crippen molar-refractivity contribution in [1.29, 1.82) is 0 Å². The van der Waals surface area contributed by atoms with E-state index in [2.05, 4.69) is 15.5 Å². The molecule has 0 unspecified atom stereocenters. The Morgan fingerprint density at radius 1 is 0.914 bits per heavy atom. The summed E-state index contributed by atoms with van der Waals surface area (Å²) in [6, 6.07) is 5.91. The molecule has 0 atom stereocenters. The van der Waals surface area contributed by atoms with Crippen LogP contribution in [-0.4, -0.2) is 66.8 Å². The molecule has 1 heterocycles. The SMILES string of the molecule is Cc1cccc(NC(=O)CN2CCN(C(=O)CNC(=O)CC34CC5CC(CC(C5)C3)C4)CC2)c1C. The predicted octanol–water partition coefficient (Wildman–Crippen LogP) is 3.11. The maximum absolute atomic E-state index is 12.7. The molecule has 4 bridgehead atoms. The van der Waals surface area contributed by atoms with Gasteiger partial charge in [0.25, 0.3) is 0 Å². The Balaban J connectivity index is 1.02. The molecule has 7 nitrogen and oxygen atoms in total. The quantitative estimate of drug-likeness (QED) is 0.628. The van der Waals surface area contributed by atoms with Gasteiger partial charge in [-0.2, -0.15) is 0 Å². The normalized spacial score (nSPS) is 29.8. The molecular formula is C28H40N4O3. The number of nitrogens with one attached hydrogen (secondary N) is 2. The zero-order valence-electron chi connectivity index (χ0n) is 21.3. The van der Waals surface area contributed by atoms with Gasteiger partial charge in [-0.3, -0.25) is 19.3 Å². The lowest BCUT2D eigenvalue weighted by atomic mass is 9.49. The molecule has 190 valence electrons. The van der Waals surface area contributed by atoms with Crippen LogP contribution in [0.25, 0.3) is 0 Å². The second-order valence-corrected chi connectivity index (χ2v) is 11.8. The highest BCUT2D eigenvalue weighted by atomic mass is 16.2. The van der Waals surface area contributed by atoms with Gasteiger partial charge in [-0.05, 0) is 92.7 Å². The van der Waals surface area contributed by atoms with E-state index in [-0.39, 0.29) is 29.7 Å². The summed E-state index contributed by atoms with van der Waals surface area (Å²) in [5, 5.41) is 5.94. The average molecular weight is 481 g/mol. The number of anilines is 1. The van der Waals surface area contributed by atoms with Crippen molar-refractivity contribution in [2.75, 3.05) is 44.6 Å². The van der Waals surface area contributed by atoms with E-state index in [0.29, 0.717) is 39.1 Å². The predicted molar refractivity (Wildman–Crippen MR) is 136 cm³/mol. The first-order chi connectivity index (χ1) is 16.8. The van der Waals surface area contributed by atoms with Crippen molar-refractivity contribution in [3.8, 4) is 0 Å². The fourth-order valence-corrected chi connectivity index (χ4v) is 7.63. The summed E-state index contributed by atoms with van der Waals surface area (Å²) in [7, 11) is 0. The lowest BCUT2D eigenvalue weighted by Gasteiger charge is -2.56. The van der Waals surface area contributed by atoms with E-state index in [1.807, 2.05) is 36.9 Å². The molecule has 1 saturated heterocycles. The van der Waals surface area contributed by atoms with Gasteiger partial charge in [0.05, 0.1) is 13.1 Å². The largest absolute Gasteiger partial charge is 0.347 e. The molecule has 0 aromatic heterocycles. The molecule has 4 saturated carbocycles. The molecule has 6 rings (SSSR count). The number of hydrogen-bond acceptors (Lipinski definition) is 4. The van der Waals surface area contributed by atoms with Gasteiger partial charge in [-0.25, -0.2) is 0 Å². The smallest absolute Gasteiger partial charge is 0.242 e. The van der Waals surface area contributed by atoms with Crippen LogP contribution in [0, 0.1) is 37.0 Å². The molecular weight excluding hydrogens is 440 g/mol. The fraction of sp³-hybridized carbons (Fsp3) is 0.679. The minimum absolute atomic E-state index is 0.0247. The van der Waals surface area contributed by atoms with Gasteiger partial charge in [-0.1, -0.05) is 12.1 Å². The third-order valence-corrected chi connectivity index (χ3v) is 9.11. The van der Waals surface area contributed by atoms with Crippen molar-refractivity contribution in [3.05, 3.63) is 29.3 Å². The third-order valence-electron chi connectivity index (χ3n) is 9.11. The summed E-state index contributed by atoms with van der Waals surface area (Å²) in [4.78, 5) is 41.9. The number of hydrogen-bond donors (Lipinski definition) is 2. The molecule has 0 radical (unpaired) electrons. The van der Waals surface area contributed by atoms with Crippen molar-refractivity contribution >= 4 is 23.4 Å². The Kier molecular flexibility index (Phi) is 6.88. The first kappa shape index (κ1) is 24.3. The monoisotopic (exact) mass is 480 g/mol. The van der Waals surface area contributed by atoms with Gasteiger partial charge in [0.1, 0.15) is 0 Å². The number of piperazine rings is 1. The fourth-order valence-electron chi connectivity index (χ4n) is 7.63. The molecule has 1 aromatic rings. The number of rotatable bonds is 7. The van der Waals surface area contributed by atoms with Gasteiger partial charge in [0.15, 0.2) is 0 Å². The molecule has 1 aliphatic heterocycles. The van der Waals surface area contributed by atoms with Crippen LogP contribution in [-0.2, 0) is 14.4 Å². The van der Waals surface area contributed by atoms with E-state index in [1.54, 1.807) is 0 Å². The summed E-state index contributed by atoms with van der Waals surface area (Å²) < 4.78 is 0. The van der Waals surface area contributed by atoms with Gasteiger partial charge in [0.2, 0.25) is 17.7 Å². The van der Waals surface area contributed by atoms with Crippen LogP contribution in [0.1, 0.15) is 56.1 Å². The van der Waals surface area contributed by atoms with Crippen LogP contribution in [0.2, 0.25) is 0 Å². The lowest BCUT2D eigenvalue weighted by molar-refractivity contribution is -0.136. The zero-order valence-corrected chi connectivity index (χ0v) is 21.3. The van der Waals surface area contributed by atoms with E-state index >= 15 is 0 Å². The number of benzene rings is 1. The van der Waals surface area contributed by atoms with Crippen LogP contribution in [0.5, 0.6) is 0 Å². The second-order valence-electron chi connectivity index (χ2n) is 11.8. The van der Waals surface area contributed by atoms with Crippen LogP contribution >= 0.6 is 0 Å². The summed E-state index contributed by atoms with van der Waals surface area (Å²) in [5.41, 5.74) is 3.29. The highest BCUT2D eigenvalue weighted by Gasteiger charge is 2.51. The molecule has 7 heteroatoms. The minimum Gasteiger partial charge on any atom is -0.347 e. The zero-order chi connectivity index (χ0) is 24.6. The van der Waals surface area contributed by atoms with Crippen molar-refractivity contribution in [3.63, 3.8) is 0 Å². The number of amides is 3. The van der Waals surface area contributed by atoms with Gasteiger partial charge in [-0.15, -0.1) is 0 Å². The lowest BCUT2D eigenvalue weighted by Crippen LogP contribution is -2.53. The Bertz CT molecular complexity index is 947. The Morgan fingerprint density at radius 2 is 1.54 bits per heavy atom. The Hall–Kier alpha value is -2.41. The summed E-state index contributed by atoms with van der Waals surface area (Å²) in [5.74, 6) is 2.47. The maximum atomic E-state index is 12.7. The molecule has 5 aliphatic rings. The number of carbonyl (C=O) groups is 3. The third kappa shape index (κ3) is 5.55. The summed E-state index contributed by atoms with van der Waals surface area (Å²) >= 11 is 0. The van der Waals surface area contributed by atoms with E-state index in [1.165, 1.54) is 38.5 Å². The van der Waals surface area contributed by atoms with Crippen molar-refractivity contribution in [2.45, 2.75) is 58.8 Å². The van der Waals surface area contributed by atoms with Crippen LogP contribution in [0.4, 0.5) is 5.69 Å². The minimum atomic E-state index is -0.0320. The van der Waals surface area contributed by atoms with Crippen LogP contribution in [0.15, 0.2) is 18.2 Å². The maximum Gasteiger partial charge on any atom is 0.242 e. The van der Waals surface area contributed by atoms with E-state index in [9.17, 15) is 14.4 Å². The molecule has 4 aliphatic carbocycles. The average Bonchev–Trinajstić information content (AvgIpc) is 2.80. The molecule has 2 N–H and O–H groups in total. The highest BCUT2D eigenvalue weighted by Crippen LogP contribution is 2.61. The number of carbonyl (C=O) groups excluding carboxylic acids is 3. The van der Waals surface area contributed by atoms with Crippen molar-refractivity contribution in [1.82, 2.24) is 15.1 Å². The summed E-state index contributed by atoms with van der Waals surface area (Å²) in [6.07, 6.45) is 8.33. The molecule has 35 heavy (non-hydrogen) atoms. The van der Waals surface area contributed by atoms with Gasteiger partial charge >= 0.3 is 0 Å². The second kappa shape index (κ2) is 9.92. The van der Waals surface area contributed by atoms with Crippen LogP contribution in [0.3, 0.4) is 0 Å². The number of aryl methyl sites for hydroxylation is 1. The van der Waals surface area contributed by atoms with Crippen molar-refractivity contribution in [2.24, 2.45) is 23.2 Å². The van der Waals surface area contributed by atoms with Crippen LogP contribution < -0.4 is 10.6 Å². The topological polar surface area (TPSA) is 81.8 Å². The highest BCUT2D eigenvalue weighted by molar-refractivity contribution is 5.93. The molecule has 1 aromatic carbocycles. The molecule has 3 amide bonds. The Labute approximate surface area is 209 Å². The Morgan fingerprint density at radius 3 is 2.17 bits per heavy atom. The van der Waals surface area contributed by atoms with Crippen molar-refractivity contribution < 1.29 is 14.4 Å². The first-order valence-corrected chi connectivity index (χ1v) is 13.4. The summed E-state index contributed by atoms with van der Waals surface area (Å²) in [6.45, 7) is 6.93. The van der Waals surface area contributed by atoms with Gasteiger partial charge in [0, 0.05) is 38.3 Å². The standard InChI is InChI=1S/C28H40N4O3/c1-19-4-3-5-24(20(19)2)30-26(34)18-31-6-8-32(9-7-31)27(35)17-29-25(33)16-28-13-21-10-22(14-28)12-23(11-21)15-28/h3-5,21-23H,6-18H2,1-2H3,(H,29,33)(H,30,34). The first-order valence-electron chi connectivity index (χ1n) is 13.4. The molecule has 0 spiro atoms. The molecule has 5 fully saturated rings.